The summed E-state index contributed by atoms with van der Waals surface area (Å²) >= 11 is 0. The number of rotatable bonds is 6. The van der Waals surface area contributed by atoms with Crippen LogP contribution >= 0.6 is 0 Å². The summed E-state index contributed by atoms with van der Waals surface area (Å²) in [4.78, 5) is 24.8. The minimum atomic E-state index is -0.790. The van der Waals surface area contributed by atoms with E-state index in [0.29, 0.717) is 12.1 Å². The summed E-state index contributed by atoms with van der Waals surface area (Å²) in [5.41, 5.74) is 2.71. The summed E-state index contributed by atoms with van der Waals surface area (Å²) in [7, 11) is 0. The predicted octanol–water partition coefficient (Wildman–Crippen LogP) is 3.78. The lowest BCUT2D eigenvalue weighted by Crippen LogP contribution is -2.33. The van der Waals surface area contributed by atoms with Gasteiger partial charge in [0.15, 0.2) is 6.10 Å². The average molecular weight is 395 g/mol. The monoisotopic (exact) mass is 395 g/mol. The number of amides is 1. The van der Waals surface area contributed by atoms with Crippen molar-refractivity contribution in [1.82, 2.24) is 9.78 Å². The van der Waals surface area contributed by atoms with Crippen molar-refractivity contribution in [3.63, 3.8) is 0 Å². The molecule has 1 amide bonds. The fraction of sp³-hybridized carbons (Fsp3) is 0.227. The van der Waals surface area contributed by atoms with Gasteiger partial charge in [-0.25, -0.2) is 4.39 Å². The number of hydrogen-bond donors (Lipinski definition) is 1. The standard InChI is InChI=1S/C22H22FN3O3/c1-4-19(22(28)24-18-13-14(2)5-6-15(18)3)29-20-11-12-21(27)26(25-20)17-9-7-16(23)8-10-17/h5-13,19H,4H2,1-3H3,(H,24,28)/t19-/m1/s1. The average Bonchev–Trinajstić information content (AvgIpc) is 2.70. The van der Waals surface area contributed by atoms with E-state index in [1.54, 1.807) is 0 Å². The number of aromatic nitrogens is 2. The number of anilines is 1. The van der Waals surface area contributed by atoms with Crippen LogP contribution in [0.15, 0.2) is 59.4 Å². The Morgan fingerprint density at radius 1 is 1.14 bits per heavy atom. The molecule has 0 saturated carbocycles. The summed E-state index contributed by atoms with van der Waals surface area (Å²) in [5.74, 6) is -0.595. The van der Waals surface area contributed by atoms with Crippen LogP contribution in [0.2, 0.25) is 0 Å². The van der Waals surface area contributed by atoms with Gasteiger partial charge in [0, 0.05) is 17.8 Å². The molecule has 150 valence electrons. The maximum absolute atomic E-state index is 13.1. The van der Waals surface area contributed by atoms with E-state index in [2.05, 4.69) is 10.4 Å². The van der Waals surface area contributed by atoms with Crippen molar-refractivity contribution in [2.75, 3.05) is 5.32 Å². The molecule has 1 aromatic heterocycles. The number of ether oxygens (including phenoxy) is 1. The number of nitrogens with zero attached hydrogens (tertiary/aromatic N) is 2. The Morgan fingerprint density at radius 2 is 1.86 bits per heavy atom. The topological polar surface area (TPSA) is 73.2 Å². The molecule has 0 spiro atoms. The highest BCUT2D eigenvalue weighted by Gasteiger charge is 2.20. The molecule has 0 aliphatic carbocycles. The van der Waals surface area contributed by atoms with E-state index in [1.807, 2.05) is 39.0 Å². The van der Waals surface area contributed by atoms with Gasteiger partial charge < -0.3 is 10.1 Å². The molecule has 1 heterocycles. The molecule has 3 rings (SSSR count). The largest absolute Gasteiger partial charge is 0.463 e. The van der Waals surface area contributed by atoms with E-state index in [-0.39, 0.29) is 11.8 Å². The molecular weight excluding hydrogens is 373 g/mol. The predicted molar refractivity (Wildman–Crippen MR) is 109 cm³/mol. The van der Waals surface area contributed by atoms with Crippen molar-refractivity contribution in [3.05, 3.63) is 81.9 Å². The third-order valence-corrected chi connectivity index (χ3v) is 4.42. The quantitative estimate of drug-likeness (QED) is 0.689. The lowest BCUT2D eigenvalue weighted by atomic mass is 10.1. The zero-order valence-electron chi connectivity index (χ0n) is 16.5. The zero-order valence-corrected chi connectivity index (χ0v) is 16.5. The summed E-state index contributed by atoms with van der Waals surface area (Å²) in [5, 5.41) is 7.04. The number of hydrogen-bond acceptors (Lipinski definition) is 4. The molecule has 0 radical (unpaired) electrons. The van der Waals surface area contributed by atoms with Crippen LogP contribution in [0.25, 0.3) is 5.69 Å². The fourth-order valence-corrected chi connectivity index (χ4v) is 2.78. The van der Waals surface area contributed by atoms with Crippen LogP contribution in [0, 0.1) is 19.7 Å². The number of carbonyl (C=O) groups is 1. The van der Waals surface area contributed by atoms with Crippen LogP contribution in [-0.2, 0) is 4.79 Å². The van der Waals surface area contributed by atoms with E-state index in [1.165, 1.54) is 36.4 Å². The second-order valence-corrected chi connectivity index (χ2v) is 6.72. The van der Waals surface area contributed by atoms with Gasteiger partial charge in [0.1, 0.15) is 5.82 Å². The Morgan fingerprint density at radius 3 is 2.55 bits per heavy atom. The van der Waals surface area contributed by atoms with Gasteiger partial charge in [-0.3, -0.25) is 9.59 Å². The summed E-state index contributed by atoms with van der Waals surface area (Å²) in [6, 6.07) is 13.9. The minimum Gasteiger partial charge on any atom is -0.463 e. The molecule has 1 N–H and O–H groups in total. The van der Waals surface area contributed by atoms with Crippen LogP contribution in [0.3, 0.4) is 0 Å². The lowest BCUT2D eigenvalue weighted by molar-refractivity contribution is -0.123. The van der Waals surface area contributed by atoms with Crippen molar-refractivity contribution < 1.29 is 13.9 Å². The number of nitrogens with one attached hydrogen (secondary N) is 1. The van der Waals surface area contributed by atoms with Gasteiger partial charge in [0.25, 0.3) is 11.5 Å². The van der Waals surface area contributed by atoms with Crippen molar-refractivity contribution >= 4 is 11.6 Å². The molecule has 0 bridgehead atoms. The Hall–Kier alpha value is -3.48. The van der Waals surface area contributed by atoms with Gasteiger partial charge in [-0.05, 0) is 61.7 Å². The molecular formula is C22H22FN3O3. The van der Waals surface area contributed by atoms with Crippen molar-refractivity contribution in [2.24, 2.45) is 0 Å². The number of carbonyl (C=O) groups excluding carboxylic acids is 1. The van der Waals surface area contributed by atoms with Crippen molar-refractivity contribution in [3.8, 4) is 11.6 Å². The fourth-order valence-electron chi connectivity index (χ4n) is 2.78. The van der Waals surface area contributed by atoms with Crippen molar-refractivity contribution in [2.45, 2.75) is 33.3 Å². The Kier molecular flexibility index (Phi) is 6.07. The Balaban J connectivity index is 1.81. The van der Waals surface area contributed by atoms with Crippen LogP contribution in [0.4, 0.5) is 10.1 Å². The molecule has 0 aliphatic heterocycles. The Bertz CT molecular complexity index is 1080. The first-order chi connectivity index (χ1) is 13.9. The second-order valence-electron chi connectivity index (χ2n) is 6.72. The van der Waals surface area contributed by atoms with Crippen LogP contribution < -0.4 is 15.6 Å². The van der Waals surface area contributed by atoms with Gasteiger partial charge in [0.05, 0.1) is 5.69 Å². The van der Waals surface area contributed by atoms with E-state index >= 15 is 0 Å². The van der Waals surface area contributed by atoms with E-state index < -0.39 is 17.5 Å². The lowest BCUT2D eigenvalue weighted by Gasteiger charge is -2.18. The van der Waals surface area contributed by atoms with E-state index in [0.717, 1.165) is 21.5 Å². The first kappa shape index (κ1) is 20.3. The van der Waals surface area contributed by atoms with Crippen LogP contribution in [0.1, 0.15) is 24.5 Å². The summed E-state index contributed by atoms with van der Waals surface area (Å²) in [6.07, 6.45) is -0.379. The molecule has 0 saturated heterocycles. The third kappa shape index (κ3) is 4.87. The molecule has 6 nitrogen and oxygen atoms in total. The Labute approximate surface area is 168 Å². The highest BCUT2D eigenvalue weighted by Crippen LogP contribution is 2.18. The van der Waals surface area contributed by atoms with Crippen molar-refractivity contribution in [1.29, 1.82) is 0 Å². The van der Waals surface area contributed by atoms with Crippen LogP contribution in [-0.4, -0.2) is 21.8 Å². The molecule has 7 heteroatoms. The molecule has 1 atom stereocenters. The second kappa shape index (κ2) is 8.68. The molecule has 0 fully saturated rings. The van der Waals surface area contributed by atoms with Gasteiger partial charge in [-0.2, -0.15) is 4.68 Å². The summed E-state index contributed by atoms with van der Waals surface area (Å²) in [6.45, 7) is 5.69. The van der Waals surface area contributed by atoms with Gasteiger partial charge in [-0.15, -0.1) is 5.10 Å². The first-order valence-electron chi connectivity index (χ1n) is 9.28. The minimum absolute atomic E-state index is 0.122. The number of aryl methyl sites for hydroxylation is 2. The number of halogens is 1. The molecule has 29 heavy (non-hydrogen) atoms. The number of benzene rings is 2. The molecule has 3 aromatic rings. The first-order valence-corrected chi connectivity index (χ1v) is 9.28. The van der Waals surface area contributed by atoms with Gasteiger partial charge >= 0.3 is 0 Å². The van der Waals surface area contributed by atoms with E-state index in [4.69, 9.17) is 4.74 Å². The molecule has 0 aliphatic rings. The summed E-state index contributed by atoms with van der Waals surface area (Å²) < 4.78 is 20.0. The zero-order chi connectivity index (χ0) is 21.0. The molecule has 2 aromatic carbocycles. The SMILES string of the molecule is CC[C@@H](Oc1ccc(=O)n(-c2ccc(F)cc2)n1)C(=O)Nc1cc(C)ccc1C. The highest BCUT2D eigenvalue weighted by atomic mass is 19.1. The smallest absolute Gasteiger partial charge is 0.271 e. The third-order valence-electron chi connectivity index (χ3n) is 4.42. The maximum atomic E-state index is 13.1. The normalized spacial score (nSPS) is 11.7. The van der Waals surface area contributed by atoms with Gasteiger partial charge in [-0.1, -0.05) is 19.1 Å². The van der Waals surface area contributed by atoms with Gasteiger partial charge in [0.2, 0.25) is 5.88 Å². The maximum Gasteiger partial charge on any atom is 0.271 e. The molecule has 0 unspecified atom stereocenters. The highest BCUT2D eigenvalue weighted by molar-refractivity contribution is 5.95. The van der Waals surface area contributed by atoms with E-state index in [9.17, 15) is 14.0 Å². The van der Waals surface area contributed by atoms with Crippen LogP contribution in [0.5, 0.6) is 5.88 Å².